The molecule has 1 unspecified atom stereocenters. The van der Waals surface area contributed by atoms with E-state index in [1.54, 1.807) is 29.9 Å². The minimum Gasteiger partial charge on any atom is -0.366 e. The number of anilines is 1. The number of rotatable bonds is 2. The molecule has 2 amide bonds. The van der Waals surface area contributed by atoms with Crippen molar-refractivity contribution in [3.63, 3.8) is 0 Å². The summed E-state index contributed by atoms with van der Waals surface area (Å²) >= 11 is 0. The summed E-state index contributed by atoms with van der Waals surface area (Å²) < 4.78 is 15.0. The van der Waals surface area contributed by atoms with Crippen molar-refractivity contribution in [2.24, 2.45) is 12.8 Å². The van der Waals surface area contributed by atoms with Gasteiger partial charge in [-0.15, -0.1) is 0 Å². The Morgan fingerprint density at radius 2 is 1.93 bits per heavy atom. The zero-order chi connectivity index (χ0) is 21.1. The standard InChI is InChI=1S/C14H14FN3O.C8H9NO/c1-8-13-11(9-4-3-5-10(15)6-9)7-12(19)16-14(13)18(2)17-8;1-6-3-2-4-7(5-6)8(9)10/h3-6,11H,7H2,1-2H3,(H,16,19);2-5H,1H3,(H2,9,10). The fraction of sp³-hybridized carbons (Fsp3) is 0.227. The van der Waals surface area contributed by atoms with Gasteiger partial charge in [0.15, 0.2) is 0 Å². The summed E-state index contributed by atoms with van der Waals surface area (Å²) in [5, 5.41) is 7.16. The summed E-state index contributed by atoms with van der Waals surface area (Å²) in [7, 11) is 1.79. The molecule has 1 aromatic heterocycles. The first-order chi connectivity index (χ1) is 13.8. The Hall–Kier alpha value is -3.48. The SMILES string of the molecule is Cc1cccc(C(N)=O)c1.Cc1nn(C)c2c1C(c1cccc(F)c1)CC(=O)N2. The molecule has 3 aromatic rings. The van der Waals surface area contributed by atoms with E-state index >= 15 is 0 Å². The van der Waals surface area contributed by atoms with Crippen molar-refractivity contribution < 1.29 is 14.0 Å². The van der Waals surface area contributed by atoms with Crippen LogP contribution in [0.5, 0.6) is 0 Å². The lowest BCUT2D eigenvalue weighted by Crippen LogP contribution is -2.24. The first kappa shape index (κ1) is 20.3. The number of hydrogen-bond donors (Lipinski definition) is 2. The van der Waals surface area contributed by atoms with Crippen LogP contribution in [0.15, 0.2) is 48.5 Å². The van der Waals surface area contributed by atoms with Gasteiger partial charge in [-0.05, 0) is 43.7 Å². The highest BCUT2D eigenvalue weighted by molar-refractivity contribution is 5.94. The van der Waals surface area contributed by atoms with E-state index in [9.17, 15) is 14.0 Å². The second kappa shape index (κ2) is 8.26. The summed E-state index contributed by atoms with van der Waals surface area (Å²) in [6.45, 7) is 3.83. The van der Waals surface area contributed by atoms with E-state index in [4.69, 9.17) is 5.73 Å². The number of primary amides is 1. The van der Waals surface area contributed by atoms with Crippen LogP contribution in [-0.2, 0) is 11.8 Å². The molecule has 0 spiro atoms. The first-order valence-corrected chi connectivity index (χ1v) is 9.21. The Bertz CT molecular complexity index is 1070. The van der Waals surface area contributed by atoms with E-state index < -0.39 is 0 Å². The highest BCUT2D eigenvalue weighted by atomic mass is 19.1. The minimum absolute atomic E-state index is 0.0650. The number of halogens is 1. The van der Waals surface area contributed by atoms with Gasteiger partial charge in [0, 0.05) is 30.5 Å². The van der Waals surface area contributed by atoms with Gasteiger partial charge < -0.3 is 11.1 Å². The number of nitrogens with zero attached hydrogens (tertiary/aromatic N) is 2. The first-order valence-electron chi connectivity index (χ1n) is 9.21. The number of carbonyl (C=O) groups excluding carboxylic acids is 2. The largest absolute Gasteiger partial charge is 0.366 e. The smallest absolute Gasteiger partial charge is 0.248 e. The fourth-order valence-electron chi connectivity index (χ4n) is 3.52. The Kier molecular flexibility index (Phi) is 5.77. The summed E-state index contributed by atoms with van der Waals surface area (Å²) in [4.78, 5) is 22.4. The van der Waals surface area contributed by atoms with Crippen LogP contribution in [0.4, 0.5) is 10.2 Å². The van der Waals surface area contributed by atoms with Crippen molar-refractivity contribution >= 4 is 17.6 Å². The lowest BCUT2D eigenvalue weighted by atomic mass is 9.86. The molecule has 2 aromatic carbocycles. The number of aryl methyl sites for hydroxylation is 3. The van der Waals surface area contributed by atoms with Crippen LogP contribution < -0.4 is 11.1 Å². The van der Waals surface area contributed by atoms with Gasteiger partial charge in [0.05, 0.1) is 5.69 Å². The van der Waals surface area contributed by atoms with Crippen molar-refractivity contribution in [2.45, 2.75) is 26.2 Å². The average Bonchev–Trinajstić information content (AvgIpc) is 2.95. The predicted octanol–water partition coefficient (Wildman–Crippen LogP) is 3.44. The summed E-state index contributed by atoms with van der Waals surface area (Å²) in [6, 6.07) is 13.6. The maximum Gasteiger partial charge on any atom is 0.248 e. The van der Waals surface area contributed by atoms with Crippen LogP contribution in [0.3, 0.4) is 0 Å². The van der Waals surface area contributed by atoms with Crippen LogP contribution in [-0.4, -0.2) is 21.6 Å². The van der Waals surface area contributed by atoms with Crippen LogP contribution in [0.1, 0.15) is 45.1 Å². The van der Waals surface area contributed by atoms with E-state index in [0.29, 0.717) is 17.8 Å². The van der Waals surface area contributed by atoms with E-state index in [1.807, 2.05) is 32.0 Å². The molecule has 0 radical (unpaired) electrons. The topological polar surface area (TPSA) is 90.0 Å². The molecule has 1 aliphatic rings. The number of hydrogen-bond acceptors (Lipinski definition) is 3. The van der Waals surface area contributed by atoms with Gasteiger partial charge >= 0.3 is 0 Å². The van der Waals surface area contributed by atoms with E-state index in [1.165, 1.54) is 12.1 Å². The van der Waals surface area contributed by atoms with Gasteiger partial charge in [-0.1, -0.05) is 29.8 Å². The second-order valence-electron chi connectivity index (χ2n) is 7.06. The molecule has 6 nitrogen and oxygen atoms in total. The molecule has 29 heavy (non-hydrogen) atoms. The molecule has 0 aliphatic carbocycles. The molecule has 0 saturated carbocycles. The molecule has 1 atom stereocenters. The lowest BCUT2D eigenvalue weighted by Gasteiger charge is -2.24. The van der Waals surface area contributed by atoms with Crippen LogP contribution in [0, 0.1) is 19.7 Å². The van der Waals surface area contributed by atoms with Gasteiger partial charge in [0.25, 0.3) is 0 Å². The summed E-state index contributed by atoms with van der Waals surface area (Å²) in [6.07, 6.45) is 0.322. The molecular formula is C22H23FN4O2. The van der Waals surface area contributed by atoms with E-state index in [2.05, 4.69) is 10.4 Å². The lowest BCUT2D eigenvalue weighted by molar-refractivity contribution is -0.116. The maximum atomic E-state index is 13.4. The third-order valence-electron chi connectivity index (χ3n) is 4.82. The molecule has 4 rings (SSSR count). The van der Waals surface area contributed by atoms with Crippen molar-refractivity contribution in [1.82, 2.24) is 9.78 Å². The fourth-order valence-corrected chi connectivity index (χ4v) is 3.52. The number of nitrogens with one attached hydrogen (secondary N) is 1. The Morgan fingerprint density at radius 3 is 2.55 bits per heavy atom. The third kappa shape index (κ3) is 4.51. The van der Waals surface area contributed by atoms with E-state index in [0.717, 1.165) is 22.4 Å². The molecule has 0 fully saturated rings. The highest BCUT2D eigenvalue weighted by Gasteiger charge is 2.31. The molecule has 150 valence electrons. The Morgan fingerprint density at radius 1 is 1.21 bits per heavy atom. The minimum atomic E-state index is -0.372. The number of aromatic nitrogens is 2. The van der Waals surface area contributed by atoms with Gasteiger partial charge in [0.1, 0.15) is 11.6 Å². The molecule has 0 bridgehead atoms. The summed E-state index contributed by atoms with van der Waals surface area (Å²) in [5.74, 6) is -0.142. The molecule has 7 heteroatoms. The normalized spacial score (nSPS) is 15.0. The van der Waals surface area contributed by atoms with Crippen LogP contribution >= 0.6 is 0 Å². The Labute approximate surface area is 168 Å². The number of amides is 2. The summed E-state index contributed by atoms with van der Waals surface area (Å²) in [5.41, 5.74) is 9.32. The molecule has 1 aliphatic heterocycles. The van der Waals surface area contributed by atoms with Crippen molar-refractivity contribution in [3.05, 3.63) is 82.3 Å². The van der Waals surface area contributed by atoms with E-state index in [-0.39, 0.29) is 23.5 Å². The van der Waals surface area contributed by atoms with Crippen LogP contribution in [0.25, 0.3) is 0 Å². The van der Waals surface area contributed by atoms with Gasteiger partial charge in [-0.25, -0.2) is 4.39 Å². The van der Waals surface area contributed by atoms with Crippen molar-refractivity contribution in [1.29, 1.82) is 0 Å². The van der Waals surface area contributed by atoms with Gasteiger partial charge in [0.2, 0.25) is 11.8 Å². The zero-order valence-electron chi connectivity index (χ0n) is 16.6. The molecule has 2 heterocycles. The van der Waals surface area contributed by atoms with Crippen molar-refractivity contribution in [3.8, 4) is 0 Å². The Balaban J connectivity index is 0.000000204. The van der Waals surface area contributed by atoms with Crippen molar-refractivity contribution in [2.75, 3.05) is 5.32 Å². The maximum absolute atomic E-state index is 13.4. The predicted molar refractivity (Wildman–Crippen MR) is 109 cm³/mol. The second-order valence-corrected chi connectivity index (χ2v) is 7.06. The van der Waals surface area contributed by atoms with Gasteiger partial charge in [-0.2, -0.15) is 5.10 Å². The number of carbonyl (C=O) groups is 2. The van der Waals surface area contributed by atoms with Gasteiger partial charge in [-0.3, -0.25) is 14.3 Å². The average molecular weight is 394 g/mol. The monoisotopic (exact) mass is 394 g/mol. The molecular weight excluding hydrogens is 371 g/mol. The number of nitrogens with two attached hydrogens (primary N) is 1. The quantitative estimate of drug-likeness (QED) is 0.698. The molecule has 3 N–H and O–H groups in total. The number of fused-ring (bicyclic) bond motifs is 1. The van der Waals surface area contributed by atoms with Crippen LogP contribution in [0.2, 0.25) is 0 Å². The highest BCUT2D eigenvalue weighted by Crippen LogP contribution is 2.38. The zero-order valence-corrected chi connectivity index (χ0v) is 16.6. The number of benzene rings is 2. The third-order valence-corrected chi connectivity index (χ3v) is 4.82. The molecule has 0 saturated heterocycles.